The molecule has 37 heavy (non-hydrogen) atoms. The number of aromatic nitrogens is 2. The number of sulfonamides is 1. The number of fused-ring (bicyclic) bond motifs is 1. The van der Waals surface area contributed by atoms with Crippen molar-refractivity contribution in [3.8, 4) is 5.75 Å². The number of nitrogens with one attached hydrogen (secondary N) is 2. The van der Waals surface area contributed by atoms with Crippen molar-refractivity contribution in [1.29, 1.82) is 0 Å². The molecule has 0 radical (unpaired) electrons. The van der Waals surface area contributed by atoms with Crippen LogP contribution in [0.1, 0.15) is 19.4 Å². The largest absolute Gasteiger partial charge is 0.497 e. The number of nitrogens with zero attached hydrogens (tertiary/aromatic N) is 2. The van der Waals surface area contributed by atoms with Gasteiger partial charge in [-0.05, 0) is 55.8 Å². The molecule has 0 aliphatic carbocycles. The SMILES string of the molecule is COc1ccc(Cl)c(Nc2nc3ccccc3nc2NS(=O)(=O)c2cccc(CC(=O)C(C)(C)N)c2)c1. The molecule has 0 unspecified atom stereocenters. The molecule has 0 atom stereocenters. The molecular weight excluding hydrogens is 514 g/mol. The second-order valence-corrected chi connectivity index (χ2v) is 11.0. The average Bonchev–Trinajstić information content (AvgIpc) is 2.85. The van der Waals surface area contributed by atoms with E-state index in [0.717, 1.165) is 0 Å². The van der Waals surface area contributed by atoms with Gasteiger partial charge in [0.05, 0.1) is 39.3 Å². The van der Waals surface area contributed by atoms with E-state index in [2.05, 4.69) is 20.0 Å². The van der Waals surface area contributed by atoms with Gasteiger partial charge in [-0.1, -0.05) is 35.9 Å². The summed E-state index contributed by atoms with van der Waals surface area (Å²) in [7, 11) is -2.58. The highest BCUT2D eigenvalue weighted by Crippen LogP contribution is 2.32. The molecular formula is C26H26ClN5O4S. The average molecular weight is 540 g/mol. The number of para-hydroxylation sites is 2. The summed E-state index contributed by atoms with van der Waals surface area (Å²) < 4.78 is 34.6. The molecule has 4 N–H and O–H groups in total. The second-order valence-electron chi connectivity index (χ2n) is 8.95. The zero-order chi connectivity index (χ0) is 26.8. The number of methoxy groups -OCH3 is 1. The number of hydrogen-bond acceptors (Lipinski definition) is 8. The number of rotatable bonds is 9. The third-order valence-corrected chi connectivity index (χ3v) is 7.19. The molecule has 9 nitrogen and oxygen atoms in total. The summed E-state index contributed by atoms with van der Waals surface area (Å²) in [6, 6.07) is 18.2. The van der Waals surface area contributed by atoms with Crippen LogP contribution in [0.15, 0.2) is 71.6 Å². The maximum atomic E-state index is 13.4. The van der Waals surface area contributed by atoms with Gasteiger partial charge in [0, 0.05) is 12.5 Å². The number of nitrogens with two attached hydrogens (primary N) is 1. The predicted octanol–water partition coefficient (Wildman–Crippen LogP) is 4.69. The van der Waals surface area contributed by atoms with Crippen molar-refractivity contribution < 1.29 is 17.9 Å². The van der Waals surface area contributed by atoms with E-state index < -0.39 is 15.6 Å². The lowest BCUT2D eigenvalue weighted by Crippen LogP contribution is -2.42. The highest BCUT2D eigenvalue weighted by atomic mass is 35.5. The first-order valence-electron chi connectivity index (χ1n) is 11.3. The number of ether oxygens (including phenoxy) is 1. The number of halogens is 1. The maximum Gasteiger partial charge on any atom is 0.263 e. The summed E-state index contributed by atoms with van der Waals surface area (Å²) >= 11 is 6.35. The number of carbonyl (C=O) groups is 1. The second kappa shape index (κ2) is 10.3. The molecule has 0 spiro atoms. The van der Waals surface area contributed by atoms with Crippen molar-refractivity contribution in [3.05, 3.63) is 77.3 Å². The fraction of sp³-hybridized carbons (Fsp3) is 0.192. The normalized spacial score (nSPS) is 11.8. The number of Topliss-reactive ketones (excluding diaryl/α,β-unsaturated/α-hetero) is 1. The van der Waals surface area contributed by atoms with Gasteiger partial charge in [-0.2, -0.15) is 0 Å². The fourth-order valence-corrected chi connectivity index (χ4v) is 4.68. The van der Waals surface area contributed by atoms with Crippen molar-refractivity contribution in [1.82, 2.24) is 9.97 Å². The van der Waals surface area contributed by atoms with E-state index in [1.807, 2.05) is 0 Å². The van der Waals surface area contributed by atoms with E-state index in [1.165, 1.54) is 19.2 Å². The molecule has 0 amide bonds. The fourth-order valence-electron chi connectivity index (χ4n) is 3.44. The summed E-state index contributed by atoms with van der Waals surface area (Å²) in [4.78, 5) is 21.4. The predicted molar refractivity (Wildman–Crippen MR) is 145 cm³/mol. The van der Waals surface area contributed by atoms with Crippen molar-refractivity contribution in [2.24, 2.45) is 5.73 Å². The molecule has 11 heteroatoms. The van der Waals surface area contributed by atoms with Crippen LogP contribution in [-0.2, 0) is 21.2 Å². The molecule has 1 heterocycles. The molecule has 4 rings (SSSR count). The quantitative estimate of drug-likeness (QED) is 0.279. The van der Waals surface area contributed by atoms with Crippen LogP contribution in [0.25, 0.3) is 11.0 Å². The molecule has 1 aromatic heterocycles. The number of hydrogen-bond donors (Lipinski definition) is 3. The van der Waals surface area contributed by atoms with Gasteiger partial charge < -0.3 is 15.8 Å². The third kappa shape index (κ3) is 6.16. The van der Waals surface area contributed by atoms with Gasteiger partial charge in [-0.15, -0.1) is 0 Å². The topological polar surface area (TPSA) is 136 Å². The minimum absolute atomic E-state index is 0.00375. The number of benzene rings is 3. The van der Waals surface area contributed by atoms with E-state index in [0.29, 0.717) is 33.1 Å². The van der Waals surface area contributed by atoms with Gasteiger partial charge in [-0.3, -0.25) is 9.52 Å². The van der Waals surface area contributed by atoms with Gasteiger partial charge >= 0.3 is 0 Å². The Kier molecular flexibility index (Phi) is 7.35. The van der Waals surface area contributed by atoms with Crippen LogP contribution in [0.4, 0.5) is 17.3 Å². The maximum absolute atomic E-state index is 13.4. The Morgan fingerprint density at radius 1 is 1.00 bits per heavy atom. The Bertz CT molecular complexity index is 1590. The number of anilines is 3. The molecule has 0 fully saturated rings. The van der Waals surface area contributed by atoms with Crippen LogP contribution >= 0.6 is 11.6 Å². The zero-order valence-corrected chi connectivity index (χ0v) is 22.0. The molecule has 0 saturated carbocycles. The lowest BCUT2D eigenvalue weighted by Gasteiger charge is -2.17. The summed E-state index contributed by atoms with van der Waals surface area (Å²) in [6.07, 6.45) is 0.00375. The Morgan fingerprint density at radius 2 is 1.68 bits per heavy atom. The summed E-state index contributed by atoms with van der Waals surface area (Å²) in [5, 5.41) is 3.44. The summed E-state index contributed by atoms with van der Waals surface area (Å²) in [5.74, 6) is 0.461. The lowest BCUT2D eigenvalue weighted by atomic mass is 9.95. The van der Waals surface area contributed by atoms with Crippen molar-refractivity contribution in [2.45, 2.75) is 30.7 Å². The van der Waals surface area contributed by atoms with Crippen LogP contribution < -0.4 is 20.5 Å². The van der Waals surface area contributed by atoms with Crippen molar-refractivity contribution in [2.75, 3.05) is 17.1 Å². The molecule has 3 aromatic carbocycles. The minimum Gasteiger partial charge on any atom is -0.497 e. The summed E-state index contributed by atoms with van der Waals surface area (Å²) in [5.41, 5.74) is 6.88. The lowest BCUT2D eigenvalue weighted by molar-refractivity contribution is -0.122. The van der Waals surface area contributed by atoms with Gasteiger partial charge in [0.1, 0.15) is 5.75 Å². The Balaban J connectivity index is 1.72. The van der Waals surface area contributed by atoms with E-state index in [4.69, 9.17) is 22.1 Å². The Morgan fingerprint density at radius 3 is 2.32 bits per heavy atom. The van der Waals surface area contributed by atoms with Crippen molar-refractivity contribution in [3.63, 3.8) is 0 Å². The first kappa shape index (κ1) is 26.3. The van der Waals surface area contributed by atoms with Crippen LogP contribution in [0.5, 0.6) is 5.75 Å². The third-order valence-electron chi connectivity index (χ3n) is 5.52. The number of ketones is 1. The van der Waals surface area contributed by atoms with Gasteiger partial charge in [-0.25, -0.2) is 18.4 Å². The highest BCUT2D eigenvalue weighted by molar-refractivity contribution is 7.92. The monoisotopic (exact) mass is 539 g/mol. The van der Waals surface area contributed by atoms with E-state index in [9.17, 15) is 13.2 Å². The molecule has 0 saturated heterocycles. The number of carbonyl (C=O) groups excluding carboxylic acids is 1. The zero-order valence-electron chi connectivity index (χ0n) is 20.4. The smallest absolute Gasteiger partial charge is 0.263 e. The summed E-state index contributed by atoms with van der Waals surface area (Å²) in [6.45, 7) is 3.22. The van der Waals surface area contributed by atoms with E-state index in [-0.39, 0.29) is 28.7 Å². The van der Waals surface area contributed by atoms with E-state index >= 15 is 0 Å². The van der Waals surface area contributed by atoms with Crippen LogP contribution in [0, 0.1) is 0 Å². The molecule has 0 aliphatic heterocycles. The standard InChI is InChI=1S/C26H26ClN5O4S/c1-26(2,28)23(33)14-16-7-6-8-18(13-16)37(34,35)32-25-24(29-20-9-4-5-10-21(20)30-25)31-22-15-17(36-3)11-12-19(22)27/h4-13,15H,14,28H2,1-3H3,(H,29,31)(H,30,32). The van der Waals surface area contributed by atoms with Crippen molar-refractivity contribution >= 4 is 55.8 Å². The molecule has 0 bridgehead atoms. The highest BCUT2D eigenvalue weighted by Gasteiger charge is 2.24. The first-order chi connectivity index (χ1) is 17.5. The van der Waals surface area contributed by atoms with E-state index in [1.54, 1.807) is 68.4 Å². The first-order valence-corrected chi connectivity index (χ1v) is 13.1. The molecule has 192 valence electrons. The molecule has 0 aliphatic rings. The Hall–Kier alpha value is -3.73. The Labute approximate surface area is 220 Å². The molecule has 4 aromatic rings. The van der Waals surface area contributed by atoms with Crippen LogP contribution in [0.2, 0.25) is 5.02 Å². The van der Waals surface area contributed by atoms with Gasteiger partial charge in [0.15, 0.2) is 17.4 Å². The minimum atomic E-state index is -4.11. The van der Waals surface area contributed by atoms with Crippen LogP contribution in [0.3, 0.4) is 0 Å². The van der Waals surface area contributed by atoms with Crippen LogP contribution in [-0.4, -0.2) is 36.8 Å². The van der Waals surface area contributed by atoms with Gasteiger partial charge in [0.2, 0.25) is 0 Å². The van der Waals surface area contributed by atoms with Gasteiger partial charge in [0.25, 0.3) is 10.0 Å².